The molecular formula is C19H25N3O4. The Hall–Kier alpha value is -2.44. The van der Waals surface area contributed by atoms with Gasteiger partial charge in [0.2, 0.25) is 5.91 Å². The van der Waals surface area contributed by atoms with Crippen LogP contribution in [0.1, 0.15) is 58.6 Å². The summed E-state index contributed by atoms with van der Waals surface area (Å²) >= 11 is 0. The van der Waals surface area contributed by atoms with Gasteiger partial charge >= 0.3 is 5.97 Å². The number of aromatic carboxylic acids is 1. The van der Waals surface area contributed by atoms with E-state index < -0.39 is 5.97 Å². The number of carbonyl (C=O) groups is 3. The largest absolute Gasteiger partial charge is 0.478 e. The second kappa shape index (κ2) is 7.85. The van der Waals surface area contributed by atoms with Crippen LogP contribution in [-0.4, -0.2) is 63.9 Å². The molecule has 2 fully saturated rings. The van der Waals surface area contributed by atoms with E-state index in [4.69, 9.17) is 5.11 Å². The van der Waals surface area contributed by atoms with Crippen LogP contribution in [0.3, 0.4) is 0 Å². The van der Waals surface area contributed by atoms with Gasteiger partial charge in [0.25, 0.3) is 5.91 Å². The number of piperazine rings is 1. The van der Waals surface area contributed by atoms with Gasteiger partial charge in [-0.3, -0.25) is 9.59 Å². The van der Waals surface area contributed by atoms with Gasteiger partial charge in [-0.2, -0.15) is 0 Å². The van der Waals surface area contributed by atoms with Gasteiger partial charge < -0.3 is 14.9 Å². The van der Waals surface area contributed by atoms with E-state index >= 15 is 0 Å². The van der Waals surface area contributed by atoms with Gasteiger partial charge in [-0.05, 0) is 31.9 Å². The lowest BCUT2D eigenvalue weighted by Crippen LogP contribution is -2.52. The van der Waals surface area contributed by atoms with Crippen LogP contribution in [0.5, 0.6) is 0 Å². The number of carboxylic acids is 1. The molecule has 1 aromatic rings. The molecule has 1 saturated heterocycles. The number of hydrogen-bond acceptors (Lipinski definition) is 4. The normalized spacial score (nSPS) is 18.7. The number of carboxylic acid groups (broad SMARTS) is 1. The molecule has 7 nitrogen and oxygen atoms in total. The van der Waals surface area contributed by atoms with E-state index in [0.29, 0.717) is 31.9 Å². The summed E-state index contributed by atoms with van der Waals surface area (Å²) < 4.78 is 0. The van der Waals surface area contributed by atoms with Gasteiger partial charge in [0, 0.05) is 32.1 Å². The molecule has 1 N–H and O–H groups in total. The van der Waals surface area contributed by atoms with Crippen molar-refractivity contribution in [3.63, 3.8) is 0 Å². The van der Waals surface area contributed by atoms with Gasteiger partial charge in [0.1, 0.15) is 5.69 Å². The molecule has 140 valence electrons. The van der Waals surface area contributed by atoms with Crippen LogP contribution >= 0.6 is 0 Å². The van der Waals surface area contributed by atoms with E-state index in [0.717, 1.165) is 25.7 Å². The molecule has 26 heavy (non-hydrogen) atoms. The zero-order valence-electron chi connectivity index (χ0n) is 15.1. The van der Waals surface area contributed by atoms with Crippen LogP contribution in [0.2, 0.25) is 0 Å². The number of aromatic nitrogens is 1. The Bertz CT molecular complexity index is 705. The predicted molar refractivity (Wildman–Crippen MR) is 95.0 cm³/mol. The fraction of sp³-hybridized carbons (Fsp3) is 0.579. The van der Waals surface area contributed by atoms with Crippen LogP contribution in [-0.2, 0) is 4.79 Å². The first-order valence-corrected chi connectivity index (χ1v) is 9.26. The average Bonchev–Trinajstić information content (AvgIpc) is 2.67. The number of hydrogen-bond donors (Lipinski definition) is 1. The molecule has 0 radical (unpaired) electrons. The Labute approximate surface area is 153 Å². The van der Waals surface area contributed by atoms with Crippen LogP contribution in [0, 0.1) is 12.8 Å². The van der Waals surface area contributed by atoms with Gasteiger partial charge in [-0.15, -0.1) is 0 Å². The van der Waals surface area contributed by atoms with E-state index in [-0.39, 0.29) is 29.0 Å². The first-order chi connectivity index (χ1) is 12.5. The molecule has 1 saturated carbocycles. The molecule has 0 bridgehead atoms. The van der Waals surface area contributed by atoms with E-state index in [9.17, 15) is 14.4 Å². The Kier molecular flexibility index (Phi) is 5.54. The minimum Gasteiger partial charge on any atom is -0.478 e. The standard InChI is InChI=1S/C19H25N3O4/c1-13-15(19(25)26)7-8-16(20-13)18(24)22-11-9-21(10-12-22)17(23)14-5-3-2-4-6-14/h7-8,14H,2-6,9-12H2,1H3,(H,25,26). The van der Waals surface area contributed by atoms with Crippen LogP contribution in [0.25, 0.3) is 0 Å². The van der Waals surface area contributed by atoms with Crippen molar-refractivity contribution in [3.8, 4) is 0 Å². The lowest BCUT2D eigenvalue weighted by molar-refractivity contribution is -0.138. The summed E-state index contributed by atoms with van der Waals surface area (Å²) in [6.07, 6.45) is 5.45. The van der Waals surface area contributed by atoms with Crippen molar-refractivity contribution in [2.75, 3.05) is 26.2 Å². The minimum atomic E-state index is -1.05. The number of rotatable bonds is 3. The van der Waals surface area contributed by atoms with Crippen LogP contribution in [0.15, 0.2) is 12.1 Å². The maximum absolute atomic E-state index is 12.6. The third kappa shape index (κ3) is 3.86. The van der Waals surface area contributed by atoms with Crippen molar-refractivity contribution in [3.05, 3.63) is 29.1 Å². The quantitative estimate of drug-likeness (QED) is 0.891. The highest BCUT2D eigenvalue weighted by atomic mass is 16.4. The zero-order valence-corrected chi connectivity index (χ0v) is 15.1. The highest BCUT2D eigenvalue weighted by Crippen LogP contribution is 2.26. The third-order valence-corrected chi connectivity index (χ3v) is 5.37. The summed E-state index contributed by atoms with van der Waals surface area (Å²) in [7, 11) is 0. The Morgan fingerprint density at radius 2 is 1.62 bits per heavy atom. The maximum Gasteiger partial charge on any atom is 0.337 e. The SMILES string of the molecule is Cc1nc(C(=O)N2CCN(C(=O)C3CCCCC3)CC2)ccc1C(=O)O. The van der Waals surface area contributed by atoms with E-state index in [1.807, 2.05) is 4.90 Å². The molecular weight excluding hydrogens is 334 g/mol. The number of amides is 2. The molecule has 0 spiro atoms. The Balaban J connectivity index is 1.59. The van der Waals surface area contributed by atoms with E-state index in [1.165, 1.54) is 18.6 Å². The molecule has 3 rings (SSSR count). The molecule has 2 aliphatic rings. The topological polar surface area (TPSA) is 90.8 Å². The van der Waals surface area contributed by atoms with E-state index in [1.54, 1.807) is 11.8 Å². The Morgan fingerprint density at radius 1 is 1.00 bits per heavy atom. The first-order valence-electron chi connectivity index (χ1n) is 9.26. The molecule has 1 aliphatic heterocycles. The van der Waals surface area contributed by atoms with Crippen molar-refractivity contribution in [1.82, 2.24) is 14.8 Å². The number of carbonyl (C=O) groups excluding carboxylic acids is 2. The fourth-order valence-electron chi connectivity index (χ4n) is 3.81. The van der Waals surface area contributed by atoms with Crippen molar-refractivity contribution < 1.29 is 19.5 Å². The predicted octanol–water partition coefficient (Wildman–Crippen LogP) is 1.95. The molecule has 2 heterocycles. The van der Waals surface area contributed by atoms with Crippen LogP contribution in [0.4, 0.5) is 0 Å². The highest BCUT2D eigenvalue weighted by molar-refractivity contribution is 5.94. The second-order valence-electron chi connectivity index (χ2n) is 7.09. The highest BCUT2D eigenvalue weighted by Gasteiger charge is 2.30. The lowest BCUT2D eigenvalue weighted by Gasteiger charge is -2.37. The fourth-order valence-corrected chi connectivity index (χ4v) is 3.81. The van der Waals surface area contributed by atoms with Crippen molar-refractivity contribution in [2.24, 2.45) is 5.92 Å². The Morgan fingerprint density at radius 3 is 2.19 bits per heavy atom. The smallest absolute Gasteiger partial charge is 0.337 e. The van der Waals surface area contributed by atoms with Crippen molar-refractivity contribution in [1.29, 1.82) is 0 Å². The monoisotopic (exact) mass is 359 g/mol. The van der Waals surface area contributed by atoms with Crippen LogP contribution < -0.4 is 0 Å². The zero-order chi connectivity index (χ0) is 18.7. The van der Waals surface area contributed by atoms with Gasteiger partial charge in [0.15, 0.2) is 0 Å². The molecule has 1 aliphatic carbocycles. The van der Waals surface area contributed by atoms with Crippen molar-refractivity contribution in [2.45, 2.75) is 39.0 Å². The summed E-state index contributed by atoms with van der Waals surface area (Å²) in [5.74, 6) is -0.880. The number of nitrogens with zero attached hydrogens (tertiary/aromatic N) is 3. The summed E-state index contributed by atoms with van der Waals surface area (Å²) in [6, 6.07) is 2.87. The molecule has 7 heteroatoms. The number of pyridine rings is 1. The summed E-state index contributed by atoms with van der Waals surface area (Å²) in [6.45, 7) is 3.65. The molecule has 1 aromatic heterocycles. The molecule has 0 aromatic carbocycles. The summed E-state index contributed by atoms with van der Waals surface area (Å²) in [4.78, 5) is 44.0. The maximum atomic E-state index is 12.6. The third-order valence-electron chi connectivity index (χ3n) is 5.37. The lowest BCUT2D eigenvalue weighted by atomic mass is 9.88. The molecule has 0 unspecified atom stereocenters. The summed E-state index contributed by atoms with van der Waals surface area (Å²) in [5, 5.41) is 9.06. The summed E-state index contributed by atoms with van der Waals surface area (Å²) in [5.41, 5.74) is 0.679. The van der Waals surface area contributed by atoms with E-state index in [2.05, 4.69) is 4.98 Å². The average molecular weight is 359 g/mol. The molecule has 0 atom stereocenters. The molecule has 2 amide bonds. The van der Waals surface area contributed by atoms with Gasteiger partial charge in [0.05, 0.1) is 11.3 Å². The minimum absolute atomic E-state index is 0.101. The van der Waals surface area contributed by atoms with Gasteiger partial charge in [-0.1, -0.05) is 19.3 Å². The van der Waals surface area contributed by atoms with Gasteiger partial charge in [-0.25, -0.2) is 9.78 Å². The number of aryl methyl sites for hydroxylation is 1. The first kappa shape index (κ1) is 18.4. The second-order valence-corrected chi connectivity index (χ2v) is 7.09. The van der Waals surface area contributed by atoms with Crippen molar-refractivity contribution >= 4 is 17.8 Å².